The topological polar surface area (TPSA) is 88.8 Å². The van der Waals surface area contributed by atoms with E-state index in [1.807, 2.05) is 0 Å². The normalized spacial score (nSPS) is 22.8. The molecule has 1 aliphatic carbocycles. The van der Waals surface area contributed by atoms with Gasteiger partial charge in [0.05, 0.1) is 15.9 Å². The second-order valence-corrected chi connectivity index (χ2v) is 8.49. The SMILES string of the molecule is C[C@H]1C[C@@H](c2ccc(F)c(F)c2Cl)C(c2cc(=O)c3c(C(N)=O)nccc3[nH]2)CC1(F)F. The zero-order valence-corrected chi connectivity index (χ0v) is 17.5. The van der Waals surface area contributed by atoms with Crippen LogP contribution in [0.4, 0.5) is 17.6 Å². The van der Waals surface area contributed by atoms with Crippen molar-refractivity contribution in [3.05, 3.63) is 74.3 Å². The van der Waals surface area contributed by atoms with Crippen LogP contribution in [-0.4, -0.2) is 21.8 Å². The molecule has 1 fully saturated rings. The smallest absolute Gasteiger partial charge is 0.268 e. The number of carbonyl (C=O) groups excluding carboxylic acids is 1. The number of hydrogen-bond donors (Lipinski definition) is 2. The van der Waals surface area contributed by atoms with Crippen molar-refractivity contribution >= 4 is 28.4 Å². The van der Waals surface area contributed by atoms with E-state index in [0.717, 1.165) is 12.1 Å². The van der Waals surface area contributed by atoms with Crippen LogP contribution in [0.15, 0.2) is 35.3 Å². The number of benzene rings is 1. The summed E-state index contributed by atoms with van der Waals surface area (Å²) in [6.45, 7) is 1.38. The Hall–Kier alpha value is -2.94. The van der Waals surface area contributed by atoms with Gasteiger partial charge in [0.1, 0.15) is 5.69 Å². The quantitative estimate of drug-likeness (QED) is 0.425. The maximum absolute atomic E-state index is 14.7. The molecule has 0 saturated heterocycles. The van der Waals surface area contributed by atoms with Gasteiger partial charge in [-0.15, -0.1) is 0 Å². The van der Waals surface area contributed by atoms with Crippen LogP contribution >= 0.6 is 11.6 Å². The maximum atomic E-state index is 14.7. The summed E-state index contributed by atoms with van der Waals surface area (Å²) in [5.41, 5.74) is 4.99. The number of carbonyl (C=O) groups is 1. The second kappa shape index (κ2) is 7.88. The van der Waals surface area contributed by atoms with Crippen LogP contribution < -0.4 is 11.2 Å². The number of nitrogens with two attached hydrogens (primary N) is 1. The lowest BCUT2D eigenvalue weighted by Crippen LogP contribution is -2.38. The molecule has 10 heteroatoms. The lowest BCUT2D eigenvalue weighted by atomic mass is 9.68. The predicted molar refractivity (Wildman–Crippen MR) is 111 cm³/mol. The molecule has 0 spiro atoms. The Kier molecular flexibility index (Phi) is 5.48. The van der Waals surface area contributed by atoms with Gasteiger partial charge in [-0.25, -0.2) is 17.6 Å². The molecule has 2 aromatic heterocycles. The Bertz CT molecular complexity index is 1290. The van der Waals surface area contributed by atoms with E-state index >= 15 is 0 Å². The van der Waals surface area contributed by atoms with Gasteiger partial charge in [-0.3, -0.25) is 14.6 Å². The van der Waals surface area contributed by atoms with Crippen molar-refractivity contribution in [1.29, 1.82) is 0 Å². The first-order valence-electron chi connectivity index (χ1n) is 9.84. The highest BCUT2D eigenvalue weighted by Gasteiger charge is 2.48. The molecule has 168 valence electrons. The van der Waals surface area contributed by atoms with Gasteiger partial charge in [0.15, 0.2) is 17.1 Å². The first-order valence-corrected chi connectivity index (χ1v) is 10.2. The number of fused-ring (bicyclic) bond motifs is 1. The monoisotopic (exact) mass is 467 g/mol. The summed E-state index contributed by atoms with van der Waals surface area (Å²) in [7, 11) is 0. The summed E-state index contributed by atoms with van der Waals surface area (Å²) in [6, 6.07) is 4.73. The summed E-state index contributed by atoms with van der Waals surface area (Å²) < 4.78 is 57.2. The number of H-pyrrole nitrogens is 1. The van der Waals surface area contributed by atoms with Crippen molar-refractivity contribution in [2.75, 3.05) is 0 Å². The van der Waals surface area contributed by atoms with Crippen LogP contribution in [0.5, 0.6) is 0 Å². The average Bonchev–Trinajstić information content (AvgIpc) is 2.73. The number of rotatable bonds is 3. The molecule has 2 heterocycles. The number of halogens is 5. The fraction of sp³-hybridized carbons (Fsp3) is 0.318. The third-order valence-electron chi connectivity index (χ3n) is 6.17. The lowest BCUT2D eigenvalue weighted by Gasteiger charge is -2.40. The summed E-state index contributed by atoms with van der Waals surface area (Å²) in [5.74, 6) is -9.07. The van der Waals surface area contributed by atoms with Gasteiger partial charge < -0.3 is 10.7 Å². The third kappa shape index (κ3) is 3.64. The summed E-state index contributed by atoms with van der Waals surface area (Å²) in [6.07, 6.45) is 0.568. The predicted octanol–water partition coefficient (Wildman–Crippen LogP) is 4.89. The van der Waals surface area contributed by atoms with Crippen LogP contribution in [0.3, 0.4) is 0 Å². The number of nitrogens with zero attached hydrogens (tertiary/aromatic N) is 1. The molecule has 0 radical (unpaired) electrons. The van der Waals surface area contributed by atoms with Gasteiger partial charge in [-0.1, -0.05) is 24.6 Å². The molecule has 0 bridgehead atoms. The van der Waals surface area contributed by atoms with E-state index in [0.29, 0.717) is 0 Å². The van der Waals surface area contributed by atoms with Gasteiger partial charge in [0.2, 0.25) is 0 Å². The molecule has 3 N–H and O–H groups in total. The second-order valence-electron chi connectivity index (χ2n) is 8.11. The number of pyridine rings is 2. The minimum atomic E-state index is -3.06. The van der Waals surface area contributed by atoms with Crippen molar-refractivity contribution in [2.45, 2.75) is 37.5 Å². The summed E-state index contributed by atoms with van der Waals surface area (Å²) in [4.78, 5) is 31.2. The Morgan fingerprint density at radius 2 is 1.97 bits per heavy atom. The Morgan fingerprint density at radius 1 is 1.25 bits per heavy atom. The lowest BCUT2D eigenvalue weighted by molar-refractivity contribution is -0.0905. The van der Waals surface area contributed by atoms with Gasteiger partial charge in [0.25, 0.3) is 11.8 Å². The standard InChI is InChI=1S/C22H18ClF4N3O2/c1-9-6-11(10-2-3-13(24)19(25)18(10)23)12(8-22(9,26)27)15-7-16(31)17-14(30-15)4-5-29-20(17)21(28)32/h2-5,7,9,11-12H,6,8H2,1H3,(H2,28,32)(H,30,31)/t9-,11-,12?/m0/s1. The Morgan fingerprint density at radius 3 is 2.66 bits per heavy atom. The van der Waals surface area contributed by atoms with Crippen molar-refractivity contribution in [3.8, 4) is 0 Å². The van der Waals surface area contributed by atoms with Crippen LogP contribution in [0.1, 0.15) is 53.3 Å². The minimum absolute atomic E-state index is 0.0536. The van der Waals surface area contributed by atoms with Gasteiger partial charge in [0, 0.05) is 36.2 Å². The molecular weight excluding hydrogens is 450 g/mol. The molecule has 1 aromatic carbocycles. The van der Waals surface area contributed by atoms with E-state index in [9.17, 15) is 27.2 Å². The highest BCUT2D eigenvalue weighted by atomic mass is 35.5. The number of hydrogen-bond acceptors (Lipinski definition) is 3. The van der Waals surface area contributed by atoms with E-state index in [1.54, 1.807) is 0 Å². The fourth-order valence-corrected chi connectivity index (χ4v) is 4.75. The van der Waals surface area contributed by atoms with E-state index in [4.69, 9.17) is 17.3 Å². The number of alkyl halides is 2. The molecule has 3 atom stereocenters. The molecule has 1 amide bonds. The fourth-order valence-electron chi connectivity index (χ4n) is 4.46. The molecule has 32 heavy (non-hydrogen) atoms. The zero-order chi connectivity index (χ0) is 23.4. The Labute approximate surface area is 184 Å². The largest absolute Gasteiger partial charge is 0.364 e. The van der Waals surface area contributed by atoms with Gasteiger partial charge in [-0.05, 0) is 30.0 Å². The molecule has 5 nitrogen and oxygen atoms in total. The number of primary amides is 1. The van der Waals surface area contributed by atoms with E-state index in [-0.39, 0.29) is 34.3 Å². The first kappa shape index (κ1) is 22.3. The molecule has 0 aliphatic heterocycles. The first-order chi connectivity index (χ1) is 15.0. The maximum Gasteiger partial charge on any atom is 0.268 e. The Balaban J connectivity index is 1.90. The van der Waals surface area contributed by atoms with Crippen LogP contribution in [0.25, 0.3) is 10.9 Å². The van der Waals surface area contributed by atoms with Gasteiger partial charge >= 0.3 is 0 Å². The number of nitrogens with one attached hydrogen (secondary N) is 1. The number of aromatic amines is 1. The van der Waals surface area contributed by atoms with Gasteiger partial charge in [-0.2, -0.15) is 0 Å². The van der Waals surface area contributed by atoms with Crippen LogP contribution in [-0.2, 0) is 0 Å². The zero-order valence-electron chi connectivity index (χ0n) is 16.8. The minimum Gasteiger partial charge on any atom is -0.364 e. The number of amides is 1. The van der Waals surface area contributed by atoms with Crippen LogP contribution in [0, 0.1) is 17.6 Å². The average molecular weight is 468 g/mol. The van der Waals surface area contributed by atoms with Crippen molar-refractivity contribution < 1.29 is 22.4 Å². The van der Waals surface area contributed by atoms with E-state index in [1.165, 1.54) is 25.3 Å². The molecular formula is C22H18ClF4N3O2. The van der Waals surface area contributed by atoms with Crippen molar-refractivity contribution in [1.82, 2.24) is 9.97 Å². The molecule has 1 saturated carbocycles. The molecule has 3 aromatic rings. The molecule has 1 unspecified atom stereocenters. The van der Waals surface area contributed by atoms with Crippen molar-refractivity contribution in [2.24, 2.45) is 11.7 Å². The van der Waals surface area contributed by atoms with E-state index < -0.39 is 58.1 Å². The highest BCUT2D eigenvalue weighted by molar-refractivity contribution is 6.31. The van der Waals surface area contributed by atoms with Crippen molar-refractivity contribution in [3.63, 3.8) is 0 Å². The van der Waals surface area contributed by atoms with Crippen LogP contribution in [0.2, 0.25) is 5.02 Å². The molecule has 1 aliphatic rings. The molecule has 4 rings (SSSR count). The number of aromatic nitrogens is 2. The highest BCUT2D eigenvalue weighted by Crippen LogP contribution is 2.53. The third-order valence-corrected chi connectivity index (χ3v) is 6.55. The summed E-state index contributed by atoms with van der Waals surface area (Å²) in [5, 5.41) is -0.525. The van der Waals surface area contributed by atoms with E-state index in [2.05, 4.69) is 9.97 Å². The summed E-state index contributed by atoms with van der Waals surface area (Å²) >= 11 is 6.05.